The average Bonchev–Trinajstić information content (AvgIpc) is 2.37. The maximum absolute atomic E-state index is 2.42. The Hall–Kier alpha value is -1.76. The van der Waals surface area contributed by atoms with Crippen molar-refractivity contribution in [1.29, 1.82) is 0 Å². The second-order valence-electron chi connectivity index (χ2n) is 7.04. The maximum atomic E-state index is 2.42. The first kappa shape index (κ1) is 15.6. The molecule has 0 aliphatic heterocycles. The van der Waals surface area contributed by atoms with E-state index in [2.05, 4.69) is 89.8 Å². The second-order valence-corrected chi connectivity index (χ2v) is 7.04. The van der Waals surface area contributed by atoms with Crippen LogP contribution in [-0.4, -0.2) is 5.54 Å². The van der Waals surface area contributed by atoms with Gasteiger partial charge in [-0.05, 0) is 95.0 Å². The zero-order valence-corrected chi connectivity index (χ0v) is 14.4. The molecule has 0 heterocycles. The first-order chi connectivity index (χ1) is 9.70. The lowest BCUT2D eigenvalue weighted by Crippen LogP contribution is -2.37. The number of rotatable bonds is 2. The summed E-state index contributed by atoms with van der Waals surface area (Å²) >= 11 is 0. The highest BCUT2D eigenvalue weighted by molar-refractivity contribution is 5.67. The van der Waals surface area contributed by atoms with Gasteiger partial charge < -0.3 is 4.90 Å². The molecule has 1 nitrogen and oxygen atoms in total. The molecule has 0 radical (unpaired) electrons. The number of anilines is 2. The second kappa shape index (κ2) is 5.55. The highest BCUT2D eigenvalue weighted by Crippen LogP contribution is 2.34. The van der Waals surface area contributed by atoms with Gasteiger partial charge in [-0.1, -0.05) is 12.1 Å². The van der Waals surface area contributed by atoms with Crippen molar-refractivity contribution in [2.24, 2.45) is 0 Å². The minimum atomic E-state index is 0.0311. The van der Waals surface area contributed by atoms with Crippen LogP contribution in [0, 0.1) is 27.7 Å². The van der Waals surface area contributed by atoms with E-state index in [4.69, 9.17) is 0 Å². The van der Waals surface area contributed by atoms with Crippen molar-refractivity contribution in [2.45, 2.75) is 54.0 Å². The van der Waals surface area contributed by atoms with Gasteiger partial charge in [0, 0.05) is 16.9 Å². The van der Waals surface area contributed by atoms with Crippen molar-refractivity contribution in [3.05, 3.63) is 58.7 Å². The monoisotopic (exact) mass is 281 g/mol. The summed E-state index contributed by atoms with van der Waals surface area (Å²) in [6.07, 6.45) is 0. The van der Waals surface area contributed by atoms with Crippen LogP contribution in [0.2, 0.25) is 0 Å². The summed E-state index contributed by atoms with van der Waals surface area (Å²) in [4.78, 5) is 2.42. The van der Waals surface area contributed by atoms with Crippen LogP contribution in [0.15, 0.2) is 36.4 Å². The summed E-state index contributed by atoms with van der Waals surface area (Å²) in [6, 6.07) is 13.5. The van der Waals surface area contributed by atoms with Crippen LogP contribution in [-0.2, 0) is 0 Å². The third-order valence-electron chi connectivity index (χ3n) is 4.17. The van der Waals surface area contributed by atoms with E-state index in [9.17, 15) is 0 Å². The van der Waals surface area contributed by atoms with Crippen LogP contribution >= 0.6 is 0 Å². The molecule has 0 saturated heterocycles. The molecule has 0 fully saturated rings. The minimum absolute atomic E-state index is 0.0311. The molecule has 0 aromatic heterocycles. The zero-order valence-electron chi connectivity index (χ0n) is 14.4. The molecule has 0 saturated carbocycles. The van der Waals surface area contributed by atoms with Crippen molar-refractivity contribution in [3.8, 4) is 0 Å². The first-order valence-corrected chi connectivity index (χ1v) is 7.65. The molecule has 0 amide bonds. The molecule has 0 aliphatic carbocycles. The van der Waals surface area contributed by atoms with E-state index in [1.165, 1.54) is 33.6 Å². The molecule has 2 aromatic rings. The topological polar surface area (TPSA) is 3.24 Å². The Bertz CT molecular complexity index is 596. The zero-order chi connectivity index (χ0) is 15.8. The van der Waals surface area contributed by atoms with Crippen molar-refractivity contribution < 1.29 is 0 Å². The molecule has 0 bridgehead atoms. The summed E-state index contributed by atoms with van der Waals surface area (Å²) in [6.45, 7) is 15.5. The fraction of sp³-hybridized carbons (Fsp3) is 0.400. The van der Waals surface area contributed by atoms with Gasteiger partial charge in [-0.25, -0.2) is 0 Å². The van der Waals surface area contributed by atoms with Gasteiger partial charge in [0.2, 0.25) is 0 Å². The standard InChI is InChI=1S/C20H27N/c1-14-8-10-18(12-16(14)3)21(20(5,6)7)19-11-9-15(2)17(4)13-19/h8-13H,1-7H3. The summed E-state index contributed by atoms with van der Waals surface area (Å²) in [7, 11) is 0. The van der Waals surface area contributed by atoms with Crippen molar-refractivity contribution in [1.82, 2.24) is 0 Å². The summed E-state index contributed by atoms with van der Waals surface area (Å²) in [5.41, 5.74) is 7.91. The molecule has 2 aromatic carbocycles. The smallest absolute Gasteiger partial charge is 0.0418 e. The van der Waals surface area contributed by atoms with Crippen LogP contribution in [0.1, 0.15) is 43.0 Å². The van der Waals surface area contributed by atoms with E-state index in [0.717, 1.165) is 0 Å². The Morgan fingerprint density at radius 3 is 1.29 bits per heavy atom. The molecule has 112 valence electrons. The van der Waals surface area contributed by atoms with E-state index in [1.54, 1.807) is 0 Å². The molecular formula is C20H27N. The normalized spacial score (nSPS) is 11.6. The van der Waals surface area contributed by atoms with E-state index < -0.39 is 0 Å². The quantitative estimate of drug-likeness (QED) is 0.666. The lowest BCUT2D eigenvalue weighted by molar-refractivity contribution is 0.560. The summed E-state index contributed by atoms with van der Waals surface area (Å²) in [5, 5.41) is 0. The number of aryl methyl sites for hydroxylation is 4. The Balaban J connectivity index is 2.58. The SMILES string of the molecule is Cc1ccc(N(c2ccc(C)c(C)c2)C(C)(C)C)cc1C. The Labute approximate surface area is 129 Å². The third kappa shape index (κ3) is 3.29. The summed E-state index contributed by atoms with van der Waals surface area (Å²) in [5.74, 6) is 0. The number of benzene rings is 2. The predicted molar refractivity (Wildman–Crippen MR) is 93.7 cm³/mol. The van der Waals surface area contributed by atoms with E-state index in [0.29, 0.717) is 0 Å². The van der Waals surface area contributed by atoms with E-state index in [1.807, 2.05) is 0 Å². The highest BCUT2D eigenvalue weighted by Gasteiger charge is 2.24. The van der Waals surface area contributed by atoms with Gasteiger partial charge in [0.05, 0.1) is 0 Å². The van der Waals surface area contributed by atoms with Gasteiger partial charge in [-0.3, -0.25) is 0 Å². The van der Waals surface area contributed by atoms with Gasteiger partial charge in [-0.2, -0.15) is 0 Å². The van der Waals surface area contributed by atoms with Gasteiger partial charge in [0.15, 0.2) is 0 Å². The molecule has 0 spiro atoms. The molecular weight excluding hydrogens is 254 g/mol. The number of hydrogen-bond donors (Lipinski definition) is 0. The van der Waals surface area contributed by atoms with Crippen LogP contribution in [0.4, 0.5) is 11.4 Å². The van der Waals surface area contributed by atoms with Gasteiger partial charge >= 0.3 is 0 Å². The Kier molecular flexibility index (Phi) is 4.13. The van der Waals surface area contributed by atoms with Crippen LogP contribution in [0.3, 0.4) is 0 Å². The fourth-order valence-corrected chi connectivity index (χ4v) is 2.65. The summed E-state index contributed by atoms with van der Waals surface area (Å²) < 4.78 is 0. The Morgan fingerprint density at radius 2 is 1.00 bits per heavy atom. The van der Waals surface area contributed by atoms with Crippen molar-refractivity contribution in [2.75, 3.05) is 4.90 Å². The van der Waals surface area contributed by atoms with Gasteiger partial charge in [0.25, 0.3) is 0 Å². The minimum Gasteiger partial charge on any atom is -0.336 e. The molecule has 1 heteroatoms. The van der Waals surface area contributed by atoms with Crippen molar-refractivity contribution in [3.63, 3.8) is 0 Å². The Morgan fingerprint density at radius 1 is 0.619 bits per heavy atom. The first-order valence-electron chi connectivity index (χ1n) is 7.65. The molecule has 2 rings (SSSR count). The van der Waals surface area contributed by atoms with Crippen LogP contribution in [0.5, 0.6) is 0 Å². The van der Waals surface area contributed by atoms with Crippen LogP contribution < -0.4 is 4.90 Å². The third-order valence-corrected chi connectivity index (χ3v) is 4.17. The van der Waals surface area contributed by atoms with E-state index >= 15 is 0 Å². The molecule has 0 unspecified atom stereocenters. The van der Waals surface area contributed by atoms with Crippen molar-refractivity contribution >= 4 is 11.4 Å². The lowest BCUT2D eigenvalue weighted by atomic mass is 9.99. The van der Waals surface area contributed by atoms with E-state index in [-0.39, 0.29) is 5.54 Å². The molecule has 0 N–H and O–H groups in total. The number of hydrogen-bond acceptors (Lipinski definition) is 1. The maximum Gasteiger partial charge on any atom is 0.0418 e. The van der Waals surface area contributed by atoms with Gasteiger partial charge in [-0.15, -0.1) is 0 Å². The van der Waals surface area contributed by atoms with Crippen LogP contribution in [0.25, 0.3) is 0 Å². The fourth-order valence-electron chi connectivity index (χ4n) is 2.65. The van der Waals surface area contributed by atoms with Gasteiger partial charge in [0.1, 0.15) is 0 Å². The number of nitrogens with zero attached hydrogens (tertiary/aromatic N) is 1. The average molecular weight is 281 g/mol. The lowest BCUT2D eigenvalue weighted by Gasteiger charge is -2.38. The molecule has 0 atom stereocenters. The predicted octanol–water partition coefficient (Wildman–Crippen LogP) is 5.86. The molecule has 21 heavy (non-hydrogen) atoms. The molecule has 0 aliphatic rings. The largest absolute Gasteiger partial charge is 0.336 e. The highest BCUT2D eigenvalue weighted by atomic mass is 15.2.